The number of hydrogen-bond acceptors (Lipinski definition) is 3. The van der Waals surface area contributed by atoms with Gasteiger partial charge in [0, 0.05) is 12.5 Å². The topological polar surface area (TPSA) is 46.1 Å². The normalized spacial score (nSPS) is 13.0. The summed E-state index contributed by atoms with van der Waals surface area (Å²) in [7, 11) is 0. The second kappa shape index (κ2) is 7.65. The molecule has 0 radical (unpaired) electrons. The van der Waals surface area contributed by atoms with Gasteiger partial charge in [-0.15, -0.1) is 0 Å². The molecule has 0 aliphatic rings. The van der Waals surface area contributed by atoms with Gasteiger partial charge in [-0.1, -0.05) is 41.0 Å². The second-order valence-electron chi connectivity index (χ2n) is 6.96. The van der Waals surface area contributed by atoms with E-state index in [1.807, 2.05) is 34.6 Å². The third-order valence-corrected chi connectivity index (χ3v) is 3.45. The van der Waals surface area contributed by atoms with Crippen LogP contribution in [0.4, 0.5) is 10.3 Å². The van der Waals surface area contributed by atoms with E-state index in [0.29, 0.717) is 24.5 Å². The van der Waals surface area contributed by atoms with E-state index in [4.69, 9.17) is 0 Å². The molecule has 1 amide bonds. The Hall–Kier alpha value is -1.52. The van der Waals surface area contributed by atoms with Gasteiger partial charge in [0.15, 0.2) is 5.82 Å². The summed E-state index contributed by atoms with van der Waals surface area (Å²) in [4.78, 5) is 22.7. The minimum Gasteiger partial charge on any atom is -0.278 e. The Labute approximate surface area is 133 Å². The van der Waals surface area contributed by atoms with Crippen molar-refractivity contribution in [2.45, 2.75) is 73.3 Å². The molecule has 0 aromatic carbocycles. The van der Waals surface area contributed by atoms with Crippen LogP contribution in [-0.2, 0) is 11.2 Å². The molecule has 0 spiro atoms. The first-order valence-corrected chi connectivity index (χ1v) is 8.03. The molecule has 22 heavy (non-hydrogen) atoms. The van der Waals surface area contributed by atoms with E-state index in [2.05, 4.69) is 16.9 Å². The van der Waals surface area contributed by atoms with Crippen LogP contribution in [0.25, 0.3) is 0 Å². The lowest BCUT2D eigenvalue weighted by atomic mass is 9.91. The number of amides is 1. The quantitative estimate of drug-likeness (QED) is 0.793. The van der Waals surface area contributed by atoms with Gasteiger partial charge in [-0.05, 0) is 25.2 Å². The number of halogens is 1. The highest BCUT2D eigenvalue weighted by atomic mass is 19.1. The lowest BCUT2D eigenvalue weighted by Gasteiger charge is -2.30. The third kappa shape index (κ3) is 5.04. The number of nitrogens with zero attached hydrogens (tertiary/aromatic N) is 3. The van der Waals surface area contributed by atoms with Crippen molar-refractivity contribution in [3.63, 3.8) is 0 Å². The van der Waals surface area contributed by atoms with Gasteiger partial charge in [-0.25, -0.2) is 14.4 Å². The highest BCUT2D eigenvalue weighted by Gasteiger charge is 2.28. The van der Waals surface area contributed by atoms with Crippen LogP contribution in [0.3, 0.4) is 0 Å². The lowest BCUT2D eigenvalue weighted by molar-refractivity contribution is -0.120. The molecule has 1 atom stereocenters. The maximum atomic E-state index is 13.6. The van der Waals surface area contributed by atoms with Crippen LogP contribution in [-0.4, -0.2) is 21.9 Å². The molecule has 0 saturated heterocycles. The Morgan fingerprint density at radius 2 is 2.00 bits per heavy atom. The number of rotatable bonds is 6. The second-order valence-corrected chi connectivity index (χ2v) is 6.96. The number of carbonyl (C=O) groups excluding carboxylic acids is 1. The summed E-state index contributed by atoms with van der Waals surface area (Å²) in [6.07, 6.45) is 3.87. The highest BCUT2D eigenvalue weighted by Crippen LogP contribution is 2.24. The zero-order chi connectivity index (χ0) is 16.9. The first-order chi connectivity index (χ1) is 10.2. The fraction of sp³-hybridized carbons (Fsp3) is 0.706. The maximum Gasteiger partial charge on any atom is 0.232 e. The fourth-order valence-corrected chi connectivity index (χ4v) is 2.40. The average molecular weight is 309 g/mol. The smallest absolute Gasteiger partial charge is 0.232 e. The van der Waals surface area contributed by atoms with Crippen molar-refractivity contribution in [2.75, 3.05) is 4.90 Å². The Morgan fingerprint density at radius 3 is 2.50 bits per heavy atom. The van der Waals surface area contributed by atoms with Crippen LogP contribution in [0, 0.1) is 11.2 Å². The molecular weight excluding hydrogens is 281 g/mol. The Morgan fingerprint density at radius 1 is 1.36 bits per heavy atom. The number of aromatic nitrogens is 2. The number of anilines is 1. The molecule has 1 heterocycles. The molecule has 0 fully saturated rings. The van der Waals surface area contributed by atoms with E-state index in [1.54, 1.807) is 4.90 Å². The highest BCUT2D eigenvalue weighted by molar-refractivity contribution is 5.92. The van der Waals surface area contributed by atoms with E-state index in [0.717, 1.165) is 19.0 Å². The van der Waals surface area contributed by atoms with Crippen molar-refractivity contribution in [3.05, 3.63) is 17.7 Å². The van der Waals surface area contributed by atoms with Crippen LogP contribution in [0.2, 0.25) is 0 Å². The van der Waals surface area contributed by atoms with Crippen molar-refractivity contribution < 1.29 is 9.18 Å². The monoisotopic (exact) mass is 309 g/mol. The summed E-state index contributed by atoms with van der Waals surface area (Å²) >= 11 is 0. The molecule has 0 N–H and O–H groups in total. The molecule has 0 bridgehead atoms. The van der Waals surface area contributed by atoms with Crippen LogP contribution in [0.1, 0.15) is 66.5 Å². The molecule has 0 saturated carbocycles. The van der Waals surface area contributed by atoms with Crippen LogP contribution in [0.5, 0.6) is 0 Å². The number of aryl methyl sites for hydroxylation is 1. The van der Waals surface area contributed by atoms with Gasteiger partial charge < -0.3 is 0 Å². The van der Waals surface area contributed by atoms with Crippen molar-refractivity contribution in [1.29, 1.82) is 0 Å². The van der Waals surface area contributed by atoms with Gasteiger partial charge in [0.2, 0.25) is 11.9 Å². The third-order valence-electron chi connectivity index (χ3n) is 3.45. The molecule has 1 unspecified atom stereocenters. The molecule has 0 aliphatic carbocycles. The molecule has 5 heteroatoms. The van der Waals surface area contributed by atoms with Gasteiger partial charge >= 0.3 is 0 Å². The average Bonchev–Trinajstić information content (AvgIpc) is 2.39. The number of hydrogen-bond donors (Lipinski definition) is 0. The zero-order valence-electron chi connectivity index (χ0n) is 14.6. The van der Waals surface area contributed by atoms with Gasteiger partial charge in [0.1, 0.15) is 0 Å². The first kappa shape index (κ1) is 18.5. The summed E-state index contributed by atoms with van der Waals surface area (Å²) in [6, 6.07) is -0.00461. The predicted octanol–water partition coefficient (Wildman–Crippen LogP) is 4.14. The minimum absolute atomic E-state index is 0.00461. The molecule has 4 nitrogen and oxygen atoms in total. The number of carbonyl (C=O) groups is 1. The van der Waals surface area contributed by atoms with Crippen LogP contribution in [0.15, 0.2) is 6.20 Å². The lowest BCUT2D eigenvalue weighted by Crippen LogP contribution is -2.41. The van der Waals surface area contributed by atoms with Crippen molar-refractivity contribution >= 4 is 11.9 Å². The van der Waals surface area contributed by atoms with Gasteiger partial charge in [-0.3, -0.25) is 9.69 Å². The summed E-state index contributed by atoms with van der Waals surface area (Å²) in [5.74, 6) is -0.117. The standard InChI is InChI=1S/C17H28FN3O/c1-7-9-12(3)21(15(22)10-17(4,5)6)16-19-11-13(18)14(8-2)20-16/h11-12H,7-10H2,1-6H3. The molecule has 0 aliphatic heterocycles. The van der Waals surface area contributed by atoms with Gasteiger partial charge in [-0.2, -0.15) is 0 Å². The molecule has 1 aromatic heterocycles. The van der Waals surface area contributed by atoms with Crippen LogP contribution >= 0.6 is 0 Å². The summed E-state index contributed by atoms with van der Waals surface area (Å²) < 4.78 is 13.6. The van der Waals surface area contributed by atoms with Gasteiger partial charge in [0.05, 0.1) is 11.9 Å². The predicted molar refractivity (Wildman–Crippen MR) is 87.3 cm³/mol. The van der Waals surface area contributed by atoms with E-state index in [-0.39, 0.29) is 17.4 Å². The van der Waals surface area contributed by atoms with E-state index < -0.39 is 5.82 Å². The van der Waals surface area contributed by atoms with E-state index >= 15 is 0 Å². The molecule has 1 rings (SSSR count). The molecule has 1 aromatic rings. The van der Waals surface area contributed by atoms with Crippen LogP contribution < -0.4 is 4.90 Å². The molecular formula is C17H28FN3O. The Balaban J connectivity index is 3.17. The van der Waals surface area contributed by atoms with Gasteiger partial charge in [0.25, 0.3) is 0 Å². The Bertz CT molecular complexity index is 511. The summed E-state index contributed by atoms with van der Waals surface area (Å²) in [5.41, 5.74) is 0.233. The maximum absolute atomic E-state index is 13.6. The fourth-order valence-electron chi connectivity index (χ4n) is 2.40. The Kier molecular flexibility index (Phi) is 6.45. The zero-order valence-corrected chi connectivity index (χ0v) is 14.6. The first-order valence-electron chi connectivity index (χ1n) is 8.03. The molecule has 124 valence electrons. The van der Waals surface area contributed by atoms with Crippen molar-refractivity contribution in [2.24, 2.45) is 5.41 Å². The minimum atomic E-state index is -0.419. The van der Waals surface area contributed by atoms with E-state index in [9.17, 15) is 9.18 Å². The summed E-state index contributed by atoms with van der Waals surface area (Å²) in [6.45, 7) is 12.0. The largest absolute Gasteiger partial charge is 0.278 e. The SMILES string of the molecule is CCCC(C)N(C(=O)CC(C)(C)C)c1ncc(F)c(CC)n1. The van der Waals surface area contributed by atoms with E-state index in [1.165, 1.54) is 0 Å². The van der Waals surface area contributed by atoms with Crippen molar-refractivity contribution in [3.8, 4) is 0 Å². The van der Waals surface area contributed by atoms with Crippen molar-refractivity contribution in [1.82, 2.24) is 9.97 Å². The summed E-state index contributed by atoms with van der Waals surface area (Å²) in [5, 5.41) is 0.